The van der Waals surface area contributed by atoms with E-state index < -0.39 is 6.10 Å². The van der Waals surface area contributed by atoms with Gasteiger partial charge in [0.2, 0.25) is 0 Å². The van der Waals surface area contributed by atoms with Gasteiger partial charge in [-0.05, 0) is 35.9 Å². The second kappa shape index (κ2) is 7.71. The zero-order valence-corrected chi connectivity index (χ0v) is 14.1. The molecule has 1 amide bonds. The molecule has 1 aromatic heterocycles. The van der Waals surface area contributed by atoms with E-state index in [0.29, 0.717) is 16.9 Å². The summed E-state index contributed by atoms with van der Waals surface area (Å²) in [5, 5.41) is 28.9. The average molecular weight is 353 g/mol. The molecule has 0 saturated heterocycles. The lowest BCUT2D eigenvalue weighted by Crippen LogP contribution is -2.28. The molecule has 0 radical (unpaired) electrons. The molecule has 1 unspecified atom stereocenters. The summed E-state index contributed by atoms with van der Waals surface area (Å²) < 4.78 is 5.37. The third-order valence-electron chi connectivity index (χ3n) is 3.98. The number of aromatic hydroxyl groups is 1. The molecule has 0 aliphatic rings. The number of methoxy groups -OCH3 is 1. The number of rotatable bonds is 6. The Morgan fingerprint density at radius 2 is 2.15 bits per heavy atom. The van der Waals surface area contributed by atoms with Crippen molar-refractivity contribution in [1.29, 1.82) is 0 Å². The molecule has 0 spiro atoms. The number of benzene rings is 2. The minimum absolute atomic E-state index is 0.0219. The summed E-state index contributed by atoms with van der Waals surface area (Å²) in [7, 11) is 1.53. The fourth-order valence-electron chi connectivity index (χ4n) is 2.61. The fraction of sp³-hybridized carbons (Fsp3) is 0.158. The van der Waals surface area contributed by atoms with E-state index in [9.17, 15) is 15.0 Å². The van der Waals surface area contributed by atoms with Crippen molar-refractivity contribution in [3.05, 3.63) is 66.0 Å². The Kier molecular flexibility index (Phi) is 5.19. The topological polar surface area (TPSA) is 107 Å². The molecular formula is C19H19N3O4. The predicted octanol–water partition coefficient (Wildman–Crippen LogP) is 2.25. The van der Waals surface area contributed by atoms with Crippen LogP contribution in [0.2, 0.25) is 0 Å². The summed E-state index contributed by atoms with van der Waals surface area (Å²) in [5.41, 5.74) is 2.61. The van der Waals surface area contributed by atoms with Crippen LogP contribution in [0.1, 0.15) is 22.0 Å². The number of hydrogen-bond donors (Lipinski definition) is 4. The van der Waals surface area contributed by atoms with Crippen molar-refractivity contribution < 1.29 is 19.7 Å². The van der Waals surface area contributed by atoms with E-state index in [1.54, 1.807) is 42.7 Å². The number of aliphatic hydroxyl groups excluding tert-OH is 1. The maximum absolute atomic E-state index is 12.4. The van der Waals surface area contributed by atoms with Gasteiger partial charge in [-0.15, -0.1) is 0 Å². The van der Waals surface area contributed by atoms with Gasteiger partial charge in [0.1, 0.15) is 11.5 Å². The molecule has 0 bridgehead atoms. The lowest BCUT2D eigenvalue weighted by molar-refractivity contribution is 0.0916. The maximum atomic E-state index is 12.4. The predicted molar refractivity (Wildman–Crippen MR) is 96.0 cm³/mol. The number of amides is 1. The molecule has 4 N–H and O–H groups in total. The summed E-state index contributed by atoms with van der Waals surface area (Å²) in [4.78, 5) is 12.4. The number of carbonyl (C=O) groups is 1. The van der Waals surface area contributed by atoms with Gasteiger partial charge in [-0.3, -0.25) is 9.89 Å². The summed E-state index contributed by atoms with van der Waals surface area (Å²) in [5.74, 6) is 0.279. The van der Waals surface area contributed by atoms with E-state index in [0.717, 1.165) is 11.1 Å². The standard InChI is InChI=1S/C19H19N3O4/c1-26-18-8-13(5-6-16(18)14-9-21-22-10-14)19(25)20-11-17(24)12-3-2-4-15(23)7-12/h2-10,17,23-24H,11H2,1H3,(H,20,25)(H,21,22). The SMILES string of the molecule is COc1cc(C(=O)NCC(O)c2cccc(O)c2)ccc1-c1cn[nH]c1. The summed E-state index contributed by atoms with van der Waals surface area (Å²) in [6.45, 7) is 0.0219. The number of phenolic OH excluding ortho intramolecular Hbond substituents is 1. The van der Waals surface area contributed by atoms with Crippen molar-refractivity contribution in [2.24, 2.45) is 0 Å². The molecule has 7 nitrogen and oxygen atoms in total. The Morgan fingerprint density at radius 3 is 2.85 bits per heavy atom. The highest BCUT2D eigenvalue weighted by atomic mass is 16.5. The summed E-state index contributed by atoms with van der Waals surface area (Å²) >= 11 is 0. The second-order valence-corrected chi connectivity index (χ2v) is 5.72. The Hall–Kier alpha value is -3.32. The highest BCUT2D eigenvalue weighted by molar-refractivity contribution is 5.95. The summed E-state index contributed by atoms with van der Waals surface area (Å²) in [6, 6.07) is 11.4. The van der Waals surface area contributed by atoms with Gasteiger partial charge in [0, 0.05) is 29.4 Å². The zero-order valence-electron chi connectivity index (χ0n) is 14.1. The highest BCUT2D eigenvalue weighted by Crippen LogP contribution is 2.30. The number of aromatic amines is 1. The molecular weight excluding hydrogens is 334 g/mol. The normalized spacial score (nSPS) is 11.8. The van der Waals surface area contributed by atoms with Gasteiger partial charge in [0.05, 0.1) is 19.4 Å². The van der Waals surface area contributed by atoms with Crippen molar-refractivity contribution >= 4 is 5.91 Å². The molecule has 7 heteroatoms. The quantitative estimate of drug-likeness (QED) is 0.544. The Balaban J connectivity index is 1.70. The zero-order chi connectivity index (χ0) is 18.5. The lowest BCUT2D eigenvalue weighted by atomic mass is 10.0. The number of nitrogens with zero attached hydrogens (tertiary/aromatic N) is 1. The van der Waals surface area contributed by atoms with Crippen LogP contribution < -0.4 is 10.1 Å². The molecule has 0 aliphatic heterocycles. The number of phenols is 1. The van der Waals surface area contributed by atoms with E-state index in [4.69, 9.17) is 4.74 Å². The van der Waals surface area contributed by atoms with Crippen molar-refractivity contribution in [3.63, 3.8) is 0 Å². The van der Waals surface area contributed by atoms with Crippen molar-refractivity contribution in [1.82, 2.24) is 15.5 Å². The minimum atomic E-state index is -0.918. The molecule has 2 aromatic carbocycles. The van der Waals surface area contributed by atoms with Gasteiger partial charge in [-0.1, -0.05) is 12.1 Å². The van der Waals surface area contributed by atoms with E-state index in [2.05, 4.69) is 15.5 Å². The van der Waals surface area contributed by atoms with Gasteiger partial charge in [0.15, 0.2) is 0 Å². The van der Waals surface area contributed by atoms with Crippen LogP contribution in [0.15, 0.2) is 54.9 Å². The third-order valence-corrected chi connectivity index (χ3v) is 3.98. The first-order valence-electron chi connectivity index (χ1n) is 8.01. The summed E-state index contributed by atoms with van der Waals surface area (Å²) in [6.07, 6.45) is 2.49. The molecule has 1 heterocycles. The third kappa shape index (κ3) is 3.84. The van der Waals surface area contributed by atoms with E-state index in [-0.39, 0.29) is 18.2 Å². The van der Waals surface area contributed by atoms with Crippen LogP contribution in [-0.4, -0.2) is 40.0 Å². The van der Waals surface area contributed by atoms with E-state index in [1.807, 2.05) is 0 Å². The van der Waals surface area contributed by atoms with Gasteiger partial charge in [-0.2, -0.15) is 5.10 Å². The van der Waals surface area contributed by atoms with Crippen LogP contribution in [0.5, 0.6) is 11.5 Å². The first-order valence-corrected chi connectivity index (χ1v) is 8.01. The first kappa shape index (κ1) is 17.5. The molecule has 3 aromatic rings. The van der Waals surface area contributed by atoms with Gasteiger partial charge in [0.25, 0.3) is 5.91 Å². The van der Waals surface area contributed by atoms with Crippen molar-refractivity contribution in [3.8, 4) is 22.6 Å². The molecule has 26 heavy (non-hydrogen) atoms. The Labute approximate surface area is 150 Å². The number of carbonyl (C=O) groups excluding carboxylic acids is 1. The number of hydrogen-bond acceptors (Lipinski definition) is 5. The first-order chi connectivity index (χ1) is 12.6. The lowest BCUT2D eigenvalue weighted by Gasteiger charge is -2.13. The Bertz CT molecular complexity index is 894. The molecule has 0 aliphatic carbocycles. The number of aliphatic hydroxyl groups is 1. The molecule has 1 atom stereocenters. The van der Waals surface area contributed by atoms with Crippen LogP contribution in [0.4, 0.5) is 0 Å². The monoisotopic (exact) mass is 353 g/mol. The number of nitrogens with one attached hydrogen (secondary N) is 2. The smallest absolute Gasteiger partial charge is 0.251 e. The van der Waals surface area contributed by atoms with Crippen LogP contribution in [0.25, 0.3) is 11.1 Å². The minimum Gasteiger partial charge on any atom is -0.508 e. The molecule has 3 rings (SSSR count). The Morgan fingerprint density at radius 1 is 1.31 bits per heavy atom. The van der Waals surface area contributed by atoms with Crippen LogP contribution >= 0.6 is 0 Å². The molecule has 0 saturated carbocycles. The van der Waals surface area contributed by atoms with Gasteiger partial charge >= 0.3 is 0 Å². The number of aromatic nitrogens is 2. The van der Waals surface area contributed by atoms with Crippen molar-refractivity contribution in [2.45, 2.75) is 6.10 Å². The number of ether oxygens (including phenoxy) is 1. The largest absolute Gasteiger partial charge is 0.508 e. The highest BCUT2D eigenvalue weighted by Gasteiger charge is 2.14. The second-order valence-electron chi connectivity index (χ2n) is 5.72. The fourth-order valence-corrected chi connectivity index (χ4v) is 2.61. The molecule has 134 valence electrons. The van der Waals surface area contributed by atoms with E-state index in [1.165, 1.54) is 19.2 Å². The van der Waals surface area contributed by atoms with Crippen molar-refractivity contribution in [2.75, 3.05) is 13.7 Å². The van der Waals surface area contributed by atoms with Crippen LogP contribution in [0, 0.1) is 0 Å². The van der Waals surface area contributed by atoms with Gasteiger partial charge < -0.3 is 20.3 Å². The number of H-pyrrole nitrogens is 1. The van der Waals surface area contributed by atoms with E-state index >= 15 is 0 Å². The maximum Gasteiger partial charge on any atom is 0.251 e. The molecule has 0 fully saturated rings. The van der Waals surface area contributed by atoms with Crippen LogP contribution in [0.3, 0.4) is 0 Å². The van der Waals surface area contributed by atoms with Crippen LogP contribution in [-0.2, 0) is 0 Å². The average Bonchev–Trinajstić information content (AvgIpc) is 3.19. The van der Waals surface area contributed by atoms with Gasteiger partial charge in [-0.25, -0.2) is 0 Å².